The Labute approximate surface area is 221 Å². The zero-order chi connectivity index (χ0) is 27.7. The van der Waals surface area contributed by atoms with Gasteiger partial charge in [0.2, 0.25) is 0 Å². The summed E-state index contributed by atoms with van der Waals surface area (Å²) in [5.74, 6) is -1.57. The average Bonchev–Trinajstić information content (AvgIpc) is 3.43. The number of benzene rings is 1. The van der Waals surface area contributed by atoms with Gasteiger partial charge in [-0.05, 0) is 51.0 Å². The molecule has 0 saturated carbocycles. The van der Waals surface area contributed by atoms with Gasteiger partial charge in [0.15, 0.2) is 5.49 Å². The van der Waals surface area contributed by atoms with Crippen LogP contribution < -0.4 is 11.0 Å². The number of hydrogen-bond donors (Lipinski definition) is 0. The fourth-order valence-corrected chi connectivity index (χ4v) is 4.73. The number of carbonyl (C=O) groups is 2. The molecule has 0 bridgehead atoms. The standard InChI is InChI=1S/C27H25N5O7/c1-3-38-27(35)20-14-19-23(28-22-11-4-5-12-30(22)26(19)34)31(15-17-8-7-13-39-17)24(20)29-25(33)18-9-6-10-21(16(18)2)32(36)37/h4-6,9-12,14,17H,3,7-8,13,15H2,1-2H3/t17-/m0/s1. The Kier molecular flexibility index (Phi) is 7.03. The van der Waals surface area contributed by atoms with E-state index in [1.807, 2.05) is 0 Å². The van der Waals surface area contributed by atoms with Crippen molar-refractivity contribution in [2.24, 2.45) is 4.99 Å². The van der Waals surface area contributed by atoms with Crippen LogP contribution in [0.1, 0.15) is 46.0 Å². The minimum Gasteiger partial charge on any atom is -0.462 e. The lowest BCUT2D eigenvalue weighted by molar-refractivity contribution is -0.385. The van der Waals surface area contributed by atoms with E-state index in [0.29, 0.717) is 12.3 Å². The van der Waals surface area contributed by atoms with Crippen molar-refractivity contribution in [1.29, 1.82) is 0 Å². The number of nitro benzene ring substituents is 1. The molecule has 0 N–H and O–H groups in total. The maximum Gasteiger partial charge on any atom is 0.341 e. The lowest BCUT2D eigenvalue weighted by atomic mass is 10.1. The number of esters is 1. The number of aromatic nitrogens is 3. The first-order valence-electron chi connectivity index (χ1n) is 12.5. The minimum atomic E-state index is -0.792. The van der Waals surface area contributed by atoms with Gasteiger partial charge in [0.25, 0.3) is 17.2 Å². The third kappa shape index (κ3) is 4.81. The van der Waals surface area contributed by atoms with E-state index in [-0.39, 0.29) is 58.2 Å². The van der Waals surface area contributed by atoms with Gasteiger partial charge in [-0.3, -0.25) is 24.1 Å². The minimum absolute atomic E-state index is 0.00862. The predicted molar refractivity (Wildman–Crippen MR) is 140 cm³/mol. The molecular formula is C27H25N5O7. The molecule has 0 aliphatic carbocycles. The number of ether oxygens (including phenoxy) is 2. The summed E-state index contributed by atoms with van der Waals surface area (Å²) < 4.78 is 14.0. The Morgan fingerprint density at radius 1 is 1.23 bits per heavy atom. The quantitative estimate of drug-likeness (QED) is 0.160. The first-order chi connectivity index (χ1) is 18.8. The van der Waals surface area contributed by atoms with E-state index in [4.69, 9.17) is 9.47 Å². The van der Waals surface area contributed by atoms with E-state index < -0.39 is 22.4 Å². The van der Waals surface area contributed by atoms with Crippen LogP contribution in [0.25, 0.3) is 16.7 Å². The van der Waals surface area contributed by atoms with Crippen molar-refractivity contribution in [1.82, 2.24) is 14.0 Å². The number of fused-ring (bicyclic) bond motifs is 2. The van der Waals surface area contributed by atoms with Crippen molar-refractivity contribution in [2.75, 3.05) is 13.2 Å². The summed E-state index contributed by atoms with van der Waals surface area (Å²) in [6.07, 6.45) is 2.86. The van der Waals surface area contributed by atoms with Crippen LogP contribution in [0, 0.1) is 17.0 Å². The zero-order valence-corrected chi connectivity index (χ0v) is 21.3. The molecule has 1 aliphatic heterocycles. The van der Waals surface area contributed by atoms with E-state index in [1.54, 1.807) is 31.3 Å². The van der Waals surface area contributed by atoms with Gasteiger partial charge >= 0.3 is 5.97 Å². The molecule has 1 aliphatic rings. The Morgan fingerprint density at radius 3 is 2.77 bits per heavy atom. The molecule has 4 aromatic rings. The third-order valence-electron chi connectivity index (χ3n) is 6.64. The molecule has 1 saturated heterocycles. The van der Waals surface area contributed by atoms with E-state index in [0.717, 1.165) is 12.8 Å². The molecule has 39 heavy (non-hydrogen) atoms. The smallest absolute Gasteiger partial charge is 0.341 e. The molecule has 4 heterocycles. The van der Waals surface area contributed by atoms with Crippen LogP contribution in [0.2, 0.25) is 0 Å². The number of nitrogens with zero attached hydrogens (tertiary/aromatic N) is 5. The number of nitro groups is 1. The maximum atomic E-state index is 13.5. The van der Waals surface area contributed by atoms with Crippen LogP contribution in [0.5, 0.6) is 0 Å². The maximum absolute atomic E-state index is 13.5. The van der Waals surface area contributed by atoms with Gasteiger partial charge in [0.05, 0.1) is 35.1 Å². The van der Waals surface area contributed by atoms with Gasteiger partial charge in [0.1, 0.15) is 16.9 Å². The van der Waals surface area contributed by atoms with E-state index in [1.165, 1.54) is 40.2 Å². The summed E-state index contributed by atoms with van der Waals surface area (Å²) in [5.41, 5.74) is -0.0720. The van der Waals surface area contributed by atoms with Crippen LogP contribution >= 0.6 is 0 Å². The second-order valence-corrected chi connectivity index (χ2v) is 9.05. The van der Waals surface area contributed by atoms with E-state index in [9.17, 15) is 24.5 Å². The van der Waals surface area contributed by atoms with Gasteiger partial charge in [-0.2, -0.15) is 4.99 Å². The second-order valence-electron chi connectivity index (χ2n) is 9.05. The van der Waals surface area contributed by atoms with E-state index >= 15 is 0 Å². The molecule has 1 amide bonds. The second kappa shape index (κ2) is 10.6. The number of carbonyl (C=O) groups excluding carboxylic acids is 2. The molecule has 0 spiro atoms. The summed E-state index contributed by atoms with van der Waals surface area (Å²) in [5, 5.41) is 11.6. The lowest BCUT2D eigenvalue weighted by Crippen LogP contribution is -2.35. The highest BCUT2D eigenvalue weighted by Gasteiger charge is 2.25. The van der Waals surface area contributed by atoms with Gasteiger partial charge in [-0.1, -0.05) is 12.1 Å². The van der Waals surface area contributed by atoms with Crippen LogP contribution in [0.15, 0.2) is 58.4 Å². The van der Waals surface area contributed by atoms with E-state index in [2.05, 4.69) is 9.98 Å². The predicted octanol–water partition coefficient (Wildman–Crippen LogP) is 2.96. The van der Waals surface area contributed by atoms with Gasteiger partial charge in [-0.15, -0.1) is 0 Å². The normalized spacial score (nSPS) is 15.6. The fourth-order valence-electron chi connectivity index (χ4n) is 4.73. The molecule has 200 valence electrons. The summed E-state index contributed by atoms with van der Waals surface area (Å²) >= 11 is 0. The molecular weight excluding hydrogens is 506 g/mol. The van der Waals surface area contributed by atoms with Crippen molar-refractivity contribution < 1.29 is 24.0 Å². The van der Waals surface area contributed by atoms with Crippen molar-refractivity contribution in [3.63, 3.8) is 0 Å². The topological polar surface area (TPSA) is 147 Å². The first kappa shape index (κ1) is 25.9. The molecule has 1 aromatic carbocycles. The first-order valence-corrected chi connectivity index (χ1v) is 12.5. The van der Waals surface area contributed by atoms with Gasteiger partial charge < -0.3 is 14.0 Å². The highest BCUT2D eigenvalue weighted by Crippen LogP contribution is 2.22. The molecule has 12 heteroatoms. The van der Waals surface area contributed by atoms with Crippen molar-refractivity contribution in [3.05, 3.63) is 91.3 Å². The molecule has 0 unspecified atom stereocenters. The monoisotopic (exact) mass is 531 g/mol. The highest BCUT2D eigenvalue weighted by atomic mass is 16.6. The summed E-state index contributed by atoms with van der Waals surface area (Å²) in [6.45, 7) is 3.87. The number of hydrogen-bond acceptors (Lipinski definition) is 8. The number of amides is 1. The van der Waals surface area contributed by atoms with Crippen molar-refractivity contribution in [3.8, 4) is 0 Å². The fraction of sp³-hybridized carbons (Fsp3) is 0.296. The third-order valence-corrected chi connectivity index (χ3v) is 6.64. The number of pyridine rings is 2. The Bertz CT molecular complexity index is 1770. The SMILES string of the molecule is CCOC(=O)c1cc2c(=O)n3ccccc3nc2n(C[C@@H]2CCCO2)c1=NC(=O)c1cccc([N+](=O)[O-])c1C. The van der Waals surface area contributed by atoms with Gasteiger partial charge in [0, 0.05) is 24.4 Å². The largest absolute Gasteiger partial charge is 0.462 e. The zero-order valence-electron chi connectivity index (χ0n) is 21.3. The molecule has 3 aromatic heterocycles. The van der Waals surface area contributed by atoms with Crippen LogP contribution in [0.4, 0.5) is 5.69 Å². The Balaban J connectivity index is 1.86. The van der Waals surface area contributed by atoms with Crippen LogP contribution in [-0.4, -0.2) is 50.1 Å². The molecule has 1 atom stereocenters. The Morgan fingerprint density at radius 2 is 2.05 bits per heavy atom. The summed E-state index contributed by atoms with van der Waals surface area (Å²) in [4.78, 5) is 59.9. The average molecular weight is 532 g/mol. The summed E-state index contributed by atoms with van der Waals surface area (Å²) in [7, 11) is 0. The van der Waals surface area contributed by atoms with Gasteiger partial charge in [-0.25, -0.2) is 9.78 Å². The molecule has 1 fully saturated rings. The van der Waals surface area contributed by atoms with Crippen LogP contribution in [-0.2, 0) is 16.0 Å². The number of rotatable bonds is 6. The van der Waals surface area contributed by atoms with Crippen molar-refractivity contribution in [2.45, 2.75) is 39.3 Å². The van der Waals surface area contributed by atoms with Crippen molar-refractivity contribution >= 4 is 34.2 Å². The summed E-state index contributed by atoms with van der Waals surface area (Å²) in [6, 6.07) is 10.6. The lowest BCUT2D eigenvalue weighted by Gasteiger charge is -2.18. The molecule has 5 rings (SSSR count). The Hall–Kier alpha value is -4.71. The van der Waals surface area contributed by atoms with Crippen LogP contribution in [0.3, 0.4) is 0 Å². The highest BCUT2D eigenvalue weighted by molar-refractivity contribution is 5.98. The molecule has 12 nitrogen and oxygen atoms in total. The molecule has 0 radical (unpaired) electrons.